The maximum absolute atomic E-state index is 12.4. The monoisotopic (exact) mass is 319 g/mol. The molecule has 0 aliphatic rings. The molecule has 8 nitrogen and oxygen atoms in total. The zero-order valence-electron chi connectivity index (χ0n) is 13.4. The molecule has 0 radical (unpaired) electrons. The quantitative estimate of drug-likeness (QED) is 0.716. The molecule has 0 aromatic carbocycles. The number of rotatable bonds is 7. The Morgan fingerprint density at radius 2 is 2.13 bits per heavy atom. The molecule has 0 aliphatic heterocycles. The fourth-order valence-corrected chi connectivity index (χ4v) is 2.27. The van der Waals surface area contributed by atoms with Gasteiger partial charge >= 0.3 is 5.97 Å². The maximum atomic E-state index is 12.4. The third kappa shape index (κ3) is 3.97. The van der Waals surface area contributed by atoms with E-state index in [2.05, 4.69) is 20.6 Å². The van der Waals surface area contributed by atoms with Crippen molar-refractivity contribution >= 4 is 11.9 Å². The number of hydrogen-bond donors (Lipinski definition) is 3. The average Bonchev–Trinajstić information content (AvgIpc) is 3.14. The van der Waals surface area contributed by atoms with Gasteiger partial charge in [0.05, 0.1) is 23.7 Å². The van der Waals surface area contributed by atoms with E-state index in [0.717, 1.165) is 5.56 Å². The third-order valence-corrected chi connectivity index (χ3v) is 3.44. The number of carboxylic acid groups (broad SMARTS) is 1. The summed E-state index contributed by atoms with van der Waals surface area (Å²) in [4.78, 5) is 23.7. The molecular formula is C15H21N5O3. The highest BCUT2D eigenvalue weighted by Crippen LogP contribution is 2.20. The van der Waals surface area contributed by atoms with Crippen LogP contribution in [0.5, 0.6) is 0 Å². The van der Waals surface area contributed by atoms with E-state index in [-0.39, 0.29) is 5.92 Å². The van der Waals surface area contributed by atoms with E-state index in [1.165, 1.54) is 6.20 Å². The van der Waals surface area contributed by atoms with Gasteiger partial charge in [-0.1, -0.05) is 13.8 Å². The summed E-state index contributed by atoms with van der Waals surface area (Å²) >= 11 is 0. The minimum atomic E-state index is -1.05. The number of aliphatic carboxylic acids is 1. The number of aromatic amines is 1. The van der Waals surface area contributed by atoms with Crippen LogP contribution >= 0.6 is 0 Å². The van der Waals surface area contributed by atoms with Crippen molar-refractivity contribution in [1.29, 1.82) is 0 Å². The van der Waals surface area contributed by atoms with Crippen LogP contribution in [0.4, 0.5) is 0 Å². The Morgan fingerprint density at radius 3 is 2.70 bits per heavy atom. The number of nitrogens with zero attached hydrogens (tertiary/aromatic N) is 3. The van der Waals surface area contributed by atoms with Crippen LogP contribution in [0.3, 0.4) is 0 Å². The van der Waals surface area contributed by atoms with Crippen molar-refractivity contribution in [2.75, 3.05) is 0 Å². The molecule has 2 aromatic rings. The van der Waals surface area contributed by atoms with Crippen LogP contribution in [-0.4, -0.2) is 43.0 Å². The predicted molar refractivity (Wildman–Crippen MR) is 83.8 cm³/mol. The van der Waals surface area contributed by atoms with E-state index < -0.39 is 17.9 Å². The molecule has 0 bridgehead atoms. The summed E-state index contributed by atoms with van der Waals surface area (Å²) in [5.41, 5.74) is 1.55. The molecule has 8 heteroatoms. The lowest BCUT2D eigenvalue weighted by Gasteiger charge is -2.16. The number of hydrogen-bond acceptors (Lipinski definition) is 4. The molecule has 2 heterocycles. The zero-order chi connectivity index (χ0) is 17.0. The summed E-state index contributed by atoms with van der Waals surface area (Å²) in [6, 6.07) is -0.927. The SMILES string of the molecule is CCn1cc(-c2[nH]ncc2C(=O)N[C@H](CC(C)C)C(=O)O)cn1. The van der Waals surface area contributed by atoms with Crippen LogP contribution < -0.4 is 5.32 Å². The van der Waals surface area contributed by atoms with Gasteiger partial charge in [-0.3, -0.25) is 14.6 Å². The van der Waals surface area contributed by atoms with Gasteiger partial charge in [0.25, 0.3) is 5.91 Å². The third-order valence-electron chi connectivity index (χ3n) is 3.44. The summed E-state index contributed by atoms with van der Waals surface area (Å²) in [7, 11) is 0. The molecule has 1 amide bonds. The molecule has 0 aliphatic carbocycles. The molecule has 0 saturated carbocycles. The molecule has 2 rings (SSSR count). The summed E-state index contributed by atoms with van der Waals surface area (Å²) in [5.74, 6) is -1.36. The molecule has 1 atom stereocenters. The van der Waals surface area contributed by atoms with E-state index in [1.807, 2.05) is 20.8 Å². The Morgan fingerprint density at radius 1 is 1.39 bits per heavy atom. The molecule has 0 saturated heterocycles. The van der Waals surface area contributed by atoms with Gasteiger partial charge in [-0.25, -0.2) is 4.79 Å². The minimum Gasteiger partial charge on any atom is -0.480 e. The Bertz CT molecular complexity index is 689. The van der Waals surface area contributed by atoms with Gasteiger partial charge in [-0.15, -0.1) is 0 Å². The van der Waals surface area contributed by atoms with Crippen molar-refractivity contribution in [3.05, 3.63) is 24.2 Å². The number of nitrogens with one attached hydrogen (secondary N) is 2. The van der Waals surface area contributed by atoms with Crippen molar-refractivity contribution < 1.29 is 14.7 Å². The van der Waals surface area contributed by atoms with Gasteiger partial charge in [0.1, 0.15) is 6.04 Å². The average molecular weight is 319 g/mol. The Hall–Kier alpha value is -2.64. The van der Waals surface area contributed by atoms with Gasteiger partial charge < -0.3 is 10.4 Å². The van der Waals surface area contributed by atoms with Crippen molar-refractivity contribution in [2.45, 2.75) is 39.8 Å². The fourth-order valence-electron chi connectivity index (χ4n) is 2.27. The van der Waals surface area contributed by atoms with Crippen molar-refractivity contribution in [2.24, 2.45) is 5.92 Å². The normalized spacial score (nSPS) is 12.3. The van der Waals surface area contributed by atoms with Gasteiger partial charge in [-0.2, -0.15) is 10.2 Å². The minimum absolute atomic E-state index is 0.156. The van der Waals surface area contributed by atoms with Crippen molar-refractivity contribution in [1.82, 2.24) is 25.3 Å². The number of H-pyrrole nitrogens is 1. The molecule has 2 aromatic heterocycles. The topological polar surface area (TPSA) is 113 Å². The predicted octanol–water partition coefficient (Wildman–Crippen LogP) is 1.52. The maximum Gasteiger partial charge on any atom is 0.326 e. The molecule has 23 heavy (non-hydrogen) atoms. The van der Waals surface area contributed by atoms with Crippen LogP contribution in [0.15, 0.2) is 18.6 Å². The number of carboxylic acids is 1. The molecular weight excluding hydrogens is 298 g/mol. The first kappa shape index (κ1) is 16.7. The first-order valence-electron chi connectivity index (χ1n) is 7.52. The smallest absolute Gasteiger partial charge is 0.326 e. The van der Waals surface area contributed by atoms with Crippen molar-refractivity contribution in [3.8, 4) is 11.3 Å². The first-order chi connectivity index (χ1) is 10.9. The largest absolute Gasteiger partial charge is 0.480 e. The highest BCUT2D eigenvalue weighted by atomic mass is 16.4. The summed E-state index contributed by atoms with van der Waals surface area (Å²) in [6.45, 7) is 6.49. The summed E-state index contributed by atoms with van der Waals surface area (Å²) < 4.78 is 1.73. The second-order valence-corrected chi connectivity index (χ2v) is 5.74. The standard InChI is InChI=1S/C15H21N5O3/c1-4-20-8-10(6-17-20)13-11(7-16-19-13)14(21)18-12(15(22)23)5-9(2)3/h6-9,12H,4-5H2,1-3H3,(H,16,19)(H,18,21)(H,22,23)/t12-/m1/s1. The van der Waals surface area contributed by atoms with E-state index in [4.69, 9.17) is 0 Å². The lowest BCUT2D eigenvalue weighted by Crippen LogP contribution is -2.41. The Kier molecular flexibility index (Phi) is 5.15. The highest BCUT2D eigenvalue weighted by Gasteiger charge is 2.24. The van der Waals surface area contributed by atoms with E-state index in [0.29, 0.717) is 24.2 Å². The van der Waals surface area contributed by atoms with E-state index in [1.54, 1.807) is 17.1 Å². The molecule has 124 valence electrons. The zero-order valence-corrected chi connectivity index (χ0v) is 13.4. The molecule has 0 spiro atoms. The number of aryl methyl sites for hydroxylation is 1. The van der Waals surface area contributed by atoms with Gasteiger partial charge in [0, 0.05) is 18.3 Å². The number of aromatic nitrogens is 4. The van der Waals surface area contributed by atoms with Gasteiger partial charge in [-0.05, 0) is 19.3 Å². The highest BCUT2D eigenvalue weighted by molar-refractivity contribution is 6.01. The fraction of sp³-hybridized carbons (Fsp3) is 0.467. The Labute approximate surface area is 133 Å². The van der Waals surface area contributed by atoms with E-state index >= 15 is 0 Å². The van der Waals surface area contributed by atoms with Crippen LogP contribution in [0.25, 0.3) is 11.3 Å². The van der Waals surface area contributed by atoms with Crippen LogP contribution in [0.1, 0.15) is 37.6 Å². The van der Waals surface area contributed by atoms with E-state index in [9.17, 15) is 14.7 Å². The lowest BCUT2D eigenvalue weighted by molar-refractivity contribution is -0.139. The lowest BCUT2D eigenvalue weighted by atomic mass is 10.0. The van der Waals surface area contributed by atoms with Crippen LogP contribution in [0.2, 0.25) is 0 Å². The van der Waals surface area contributed by atoms with Gasteiger partial charge in [0.15, 0.2) is 0 Å². The molecule has 0 fully saturated rings. The molecule has 0 unspecified atom stereocenters. The van der Waals surface area contributed by atoms with Crippen molar-refractivity contribution in [3.63, 3.8) is 0 Å². The summed E-state index contributed by atoms with van der Waals surface area (Å²) in [5, 5.41) is 22.6. The van der Waals surface area contributed by atoms with Gasteiger partial charge in [0.2, 0.25) is 0 Å². The number of carbonyl (C=O) groups excluding carboxylic acids is 1. The first-order valence-corrected chi connectivity index (χ1v) is 7.52. The molecule has 3 N–H and O–H groups in total. The second-order valence-electron chi connectivity index (χ2n) is 5.74. The number of amides is 1. The van der Waals surface area contributed by atoms with Crippen LogP contribution in [0, 0.1) is 5.92 Å². The second kappa shape index (κ2) is 7.08. The summed E-state index contributed by atoms with van der Waals surface area (Å²) in [6.07, 6.45) is 5.19. The Balaban J connectivity index is 2.20. The number of carbonyl (C=O) groups is 2. The van der Waals surface area contributed by atoms with Crippen LogP contribution in [-0.2, 0) is 11.3 Å².